The van der Waals surface area contributed by atoms with Gasteiger partial charge in [0.1, 0.15) is 5.69 Å². The lowest BCUT2D eigenvalue weighted by molar-refractivity contribution is -0.137. The molecule has 0 aliphatic rings. The fourth-order valence-electron chi connectivity index (χ4n) is 1.58. The molecule has 1 heterocycles. The zero-order valence-corrected chi connectivity index (χ0v) is 11.0. The highest BCUT2D eigenvalue weighted by atomic mass is 79.9. The number of hydrogen-bond acceptors (Lipinski definition) is 2. The third-order valence-electron chi connectivity index (χ3n) is 2.44. The number of rotatable bonds is 2. The Morgan fingerprint density at radius 2 is 1.79 bits per heavy atom. The summed E-state index contributed by atoms with van der Waals surface area (Å²) in [5.41, 5.74) is -1.38. The van der Waals surface area contributed by atoms with Gasteiger partial charge in [-0.2, -0.15) is 13.2 Å². The molecule has 0 bridgehead atoms. The van der Waals surface area contributed by atoms with E-state index in [-0.39, 0.29) is 5.69 Å². The van der Waals surface area contributed by atoms with Crippen LogP contribution in [-0.2, 0) is 6.18 Å². The molecule has 0 saturated heterocycles. The number of alkyl halides is 3. The average Bonchev–Trinajstić information content (AvgIpc) is 2.38. The Morgan fingerprint density at radius 1 is 1.11 bits per heavy atom. The fraction of sp³-hybridized carbons (Fsp3) is 0.0769. The molecular formula is C13H7BrF3NO. The molecule has 0 radical (unpaired) electrons. The summed E-state index contributed by atoms with van der Waals surface area (Å²) in [5.74, 6) is -0.750. The molecule has 0 amide bonds. The van der Waals surface area contributed by atoms with E-state index in [9.17, 15) is 18.0 Å². The molecule has 0 N–H and O–H groups in total. The van der Waals surface area contributed by atoms with Crippen molar-refractivity contribution < 1.29 is 18.0 Å². The molecule has 0 aliphatic heterocycles. The number of carbonyl (C=O) groups excluding carboxylic acids is 1. The van der Waals surface area contributed by atoms with Gasteiger partial charge in [0.15, 0.2) is 0 Å². The average molecular weight is 330 g/mol. The van der Waals surface area contributed by atoms with E-state index in [1.54, 1.807) is 6.07 Å². The van der Waals surface area contributed by atoms with Crippen LogP contribution in [0, 0.1) is 0 Å². The van der Waals surface area contributed by atoms with Gasteiger partial charge in [-0.3, -0.25) is 9.78 Å². The highest BCUT2D eigenvalue weighted by Gasteiger charge is 2.35. The summed E-state index contributed by atoms with van der Waals surface area (Å²) in [7, 11) is 0. The lowest BCUT2D eigenvalue weighted by Crippen LogP contribution is -2.14. The summed E-state index contributed by atoms with van der Waals surface area (Å²) < 4.78 is 39.1. The Balaban J connectivity index is 2.48. The van der Waals surface area contributed by atoms with Crippen LogP contribution in [-0.4, -0.2) is 10.8 Å². The Kier molecular flexibility index (Phi) is 3.71. The Labute approximate surface area is 115 Å². The number of halogens is 4. The zero-order chi connectivity index (χ0) is 14.0. The molecule has 1 aromatic heterocycles. The summed E-state index contributed by atoms with van der Waals surface area (Å²) >= 11 is 3.14. The van der Waals surface area contributed by atoms with Gasteiger partial charge < -0.3 is 0 Å². The van der Waals surface area contributed by atoms with E-state index < -0.39 is 23.1 Å². The second kappa shape index (κ2) is 5.13. The predicted octanol–water partition coefficient (Wildman–Crippen LogP) is 4.09. The molecule has 2 nitrogen and oxygen atoms in total. The lowest BCUT2D eigenvalue weighted by atomic mass is 10.0. The molecule has 0 spiro atoms. The topological polar surface area (TPSA) is 30.0 Å². The van der Waals surface area contributed by atoms with Gasteiger partial charge in [0.05, 0.1) is 5.56 Å². The first kappa shape index (κ1) is 13.7. The molecule has 1 aromatic carbocycles. The maximum atomic E-state index is 12.8. The molecule has 0 fully saturated rings. The summed E-state index contributed by atoms with van der Waals surface area (Å²) in [6.45, 7) is 0. The minimum atomic E-state index is -4.57. The van der Waals surface area contributed by atoms with Crippen LogP contribution in [0.4, 0.5) is 13.2 Å². The maximum Gasteiger partial charge on any atom is 0.417 e. The van der Waals surface area contributed by atoms with Crippen molar-refractivity contribution in [2.75, 3.05) is 0 Å². The van der Waals surface area contributed by atoms with E-state index in [2.05, 4.69) is 20.9 Å². The van der Waals surface area contributed by atoms with Gasteiger partial charge >= 0.3 is 6.18 Å². The standard InChI is InChI=1S/C13H7BrF3NO/c14-8-5-6-11(18-7-8)12(19)9-3-1-2-4-10(9)13(15,16)17/h1-7H. The number of nitrogens with zero attached hydrogens (tertiary/aromatic N) is 1. The summed E-state index contributed by atoms with van der Waals surface area (Å²) in [5, 5.41) is 0. The van der Waals surface area contributed by atoms with Crippen molar-refractivity contribution in [1.82, 2.24) is 4.98 Å². The molecule has 6 heteroatoms. The van der Waals surface area contributed by atoms with Crippen molar-refractivity contribution in [1.29, 1.82) is 0 Å². The Morgan fingerprint density at radius 3 is 2.37 bits per heavy atom. The number of pyridine rings is 1. The van der Waals surface area contributed by atoms with Gasteiger partial charge in [-0.25, -0.2) is 0 Å². The molecule has 0 atom stereocenters. The quantitative estimate of drug-likeness (QED) is 0.776. The molecule has 2 rings (SSSR count). The number of aromatic nitrogens is 1. The van der Waals surface area contributed by atoms with E-state index >= 15 is 0 Å². The number of benzene rings is 1. The van der Waals surface area contributed by atoms with Crippen molar-refractivity contribution >= 4 is 21.7 Å². The predicted molar refractivity (Wildman–Crippen MR) is 66.8 cm³/mol. The molecule has 19 heavy (non-hydrogen) atoms. The molecule has 0 unspecified atom stereocenters. The van der Waals surface area contributed by atoms with Gasteiger partial charge in [0, 0.05) is 16.2 Å². The van der Waals surface area contributed by atoms with E-state index in [0.717, 1.165) is 12.1 Å². The third-order valence-corrected chi connectivity index (χ3v) is 2.91. The molecule has 2 aromatic rings. The highest BCUT2D eigenvalue weighted by molar-refractivity contribution is 9.10. The maximum absolute atomic E-state index is 12.8. The van der Waals surface area contributed by atoms with E-state index in [1.165, 1.54) is 24.4 Å². The third kappa shape index (κ3) is 3.01. The normalized spacial score (nSPS) is 11.4. The molecule has 98 valence electrons. The van der Waals surface area contributed by atoms with Crippen molar-refractivity contribution in [2.45, 2.75) is 6.18 Å². The van der Waals surface area contributed by atoms with Crippen LogP contribution in [0.25, 0.3) is 0 Å². The minimum absolute atomic E-state index is 0.0279. The summed E-state index contributed by atoms with van der Waals surface area (Å²) in [4.78, 5) is 15.9. The molecule has 0 saturated carbocycles. The summed E-state index contributed by atoms with van der Waals surface area (Å²) in [6, 6.07) is 7.59. The highest BCUT2D eigenvalue weighted by Crippen LogP contribution is 2.32. The van der Waals surface area contributed by atoms with Crippen molar-refractivity contribution in [3.05, 3.63) is 63.9 Å². The molecule has 0 aliphatic carbocycles. The van der Waals surface area contributed by atoms with Crippen LogP contribution in [0.1, 0.15) is 21.6 Å². The van der Waals surface area contributed by atoms with Crippen LogP contribution < -0.4 is 0 Å². The van der Waals surface area contributed by atoms with Gasteiger partial charge in [-0.05, 0) is 34.1 Å². The Hall–Kier alpha value is -1.69. The van der Waals surface area contributed by atoms with Crippen LogP contribution in [0.3, 0.4) is 0 Å². The fourth-order valence-corrected chi connectivity index (χ4v) is 1.81. The van der Waals surface area contributed by atoms with E-state index in [0.29, 0.717) is 4.47 Å². The van der Waals surface area contributed by atoms with E-state index in [1.807, 2.05) is 0 Å². The minimum Gasteiger partial charge on any atom is -0.287 e. The van der Waals surface area contributed by atoms with Crippen molar-refractivity contribution in [2.24, 2.45) is 0 Å². The second-order valence-corrected chi connectivity index (χ2v) is 4.65. The largest absolute Gasteiger partial charge is 0.417 e. The number of ketones is 1. The van der Waals surface area contributed by atoms with Gasteiger partial charge in [-0.15, -0.1) is 0 Å². The molecular weight excluding hydrogens is 323 g/mol. The van der Waals surface area contributed by atoms with Crippen LogP contribution in [0.15, 0.2) is 47.1 Å². The zero-order valence-electron chi connectivity index (χ0n) is 9.41. The number of carbonyl (C=O) groups is 1. The van der Waals surface area contributed by atoms with Crippen molar-refractivity contribution in [3.8, 4) is 0 Å². The van der Waals surface area contributed by atoms with Crippen LogP contribution in [0.2, 0.25) is 0 Å². The van der Waals surface area contributed by atoms with Crippen molar-refractivity contribution in [3.63, 3.8) is 0 Å². The van der Waals surface area contributed by atoms with Gasteiger partial charge in [0.2, 0.25) is 5.78 Å². The van der Waals surface area contributed by atoms with Crippen LogP contribution >= 0.6 is 15.9 Å². The second-order valence-electron chi connectivity index (χ2n) is 3.73. The first-order chi connectivity index (χ1) is 8.89. The first-order valence-corrected chi connectivity index (χ1v) is 6.01. The first-order valence-electron chi connectivity index (χ1n) is 5.22. The number of hydrogen-bond donors (Lipinski definition) is 0. The van der Waals surface area contributed by atoms with Crippen LogP contribution in [0.5, 0.6) is 0 Å². The van der Waals surface area contributed by atoms with Gasteiger partial charge in [-0.1, -0.05) is 18.2 Å². The lowest BCUT2D eigenvalue weighted by Gasteiger charge is -2.11. The van der Waals surface area contributed by atoms with Gasteiger partial charge in [0.25, 0.3) is 0 Å². The SMILES string of the molecule is O=C(c1ccc(Br)cn1)c1ccccc1C(F)(F)F. The smallest absolute Gasteiger partial charge is 0.287 e. The van der Waals surface area contributed by atoms with E-state index in [4.69, 9.17) is 0 Å². The Bertz CT molecular complexity index is 608. The summed E-state index contributed by atoms with van der Waals surface area (Å²) in [6.07, 6.45) is -3.20. The monoisotopic (exact) mass is 329 g/mol.